The topological polar surface area (TPSA) is 54.5 Å². The van der Waals surface area contributed by atoms with Crippen molar-refractivity contribution in [2.75, 3.05) is 26.2 Å². The molecule has 0 aliphatic carbocycles. The normalized spacial score (nSPS) is 18.6. The quantitative estimate of drug-likeness (QED) is 0.866. The molecule has 6 heteroatoms. The van der Waals surface area contributed by atoms with Crippen LogP contribution in [0.4, 0.5) is 0 Å². The number of hydrogen-bond acceptors (Lipinski definition) is 4. The maximum atomic E-state index is 12.7. The molecule has 0 unspecified atom stereocenters. The maximum absolute atomic E-state index is 12.7. The number of aromatic nitrogens is 2. The van der Waals surface area contributed by atoms with Crippen molar-refractivity contribution >= 4 is 5.91 Å². The summed E-state index contributed by atoms with van der Waals surface area (Å²) in [5.41, 5.74) is 2.17. The van der Waals surface area contributed by atoms with Gasteiger partial charge < -0.3 is 13.9 Å². The van der Waals surface area contributed by atoms with E-state index in [0.29, 0.717) is 18.8 Å². The molecular weight excluding hydrogens is 304 g/mol. The molecule has 6 nitrogen and oxygen atoms in total. The third-order valence-corrected chi connectivity index (χ3v) is 5.15. The molecule has 2 aliphatic rings. The number of nitrogens with zero attached hydrogens (tertiary/aromatic N) is 4. The summed E-state index contributed by atoms with van der Waals surface area (Å²) in [4.78, 5) is 21.7. The van der Waals surface area contributed by atoms with Crippen LogP contribution in [-0.2, 0) is 19.5 Å². The number of fused-ring (bicyclic) bond motifs is 1. The smallest absolute Gasteiger partial charge is 0.289 e. The predicted molar refractivity (Wildman–Crippen MR) is 89.8 cm³/mol. The van der Waals surface area contributed by atoms with Crippen LogP contribution in [0.25, 0.3) is 0 Å². The van der Waals surface area contributed by atoms with Gasteiger partial charge in [-0.1, -0.05) is 0 Å². The molecule has 0 N–H and O–H groups in total. The van der Waals surface area contributed by atoms with Crippen LogP contribution in [-0.4, -0.2) is 51.4 Å². The SMILES string of the molecule is Cc1ccoc1C(=O)N1CCc2ncc(CN3CCCC3)n2CC1. The fraction of sp³-hybridized carbons (Fsp3) is 0.556. The van der Waals surface area contributed by atoms with E-state index in [1.165, 1.54) is 31.6 Å². The Kier molecular flexibility index (Phi) is 4.14. The lowest BCUT2D eigenvalue weighted by Gasteiger charge is -2.20. The standard InChI is InChI=1S/C18H24N4O2/c1-14-5-11-24-17(14)18(23)21-8-4-16-19-12-15(22(16)10-9-21)13-20-6-2-3-7-20/h5,11-12H,2-4,6-10,13H2,1H3. The molecule has 2 aromatic heterocycles. The predicted octanol–water partition coefficient (Wildman–Crippen LogP) is 2.08. The summed E-state index contributed by atoms with van der Waals surface area (Å²) in [5, 5.41) is 0. The number of rotatable bonds is 3. The molecule has 2 aliphatic heterocycles. The van der Waals surface area contributed by atoms with E-state index < -0.39 is 0 Å². The Balaban J connectivity index is 1.47. The van der Waals surface area contributed by atoms with Gasteiger partial charge in [0.2, 0.25) is 0 Å². The molecule has 1 fully saturated rings. The first kappa shape index (κ1) is 15.4. The number of carbonyl (C=O) groups is 1. The molecule has 0 spiro atoms. The van der Waals surface area contributed by atoms with Gasteiger partial charge in [0.05, 0.1) is 12.0 Å². The second-order valence-electron chi connectivity index (χ2n) is 6.78. The van der Waals surface area contributed by atoms with Gasteiger partial charge in [-0.05, 0) is 38.9 Å². The summed E-state index contributed by atoms with van der Waals surface area (Å²) >= 11 is 0. The van der Waals surface area contributed by atoms with Crippen molar-refractivity contribution in [2.24, 2.45) is 0 Å². The number of furan rings is 1. The molecule has 24 heavy (non-hydrogen) atoms. The van der Waals surface area contributed by atoms with Crippen molar-refractivity contribution in [1.29, 1.82) is 0 Å². The van der Waals surface area contributed by atoms with Crippen LogP contribution in [0.2, 0.25) is 0 Å². The van der Waals surface area contributed by atoms with E-state index in [-0.39, 0.29) is 5.91 Å². The van der Waals surface area contributed by atoms with Gasteiger partial charge in [-0.25, -0.2) is 4.98 Å². The number of hydrogen-bond donors (Lipinski definition) is 0. The van der Waals surface area contributed by atoms with E-state index in [9.17, 15) is 4.79 Å². The zero-order valence-electron chi connectivity index (χ0n) is 14.2. The van der Waals surface area contributed by atoms with E-state index in [2.05, 4.69) is 14.5 Å². The average molecular weight is 328 g/mol. The van der Waals surface area contributed by atoms with Gasteiger partial charge >= 0.3 is 0 Å². The number of amides is 1. The molecule has 0 saturated carbocycles. The molecule has 0 bridgehead atoms. The highest BCUT2D eigenvalue weighted by Crippen LogP contribution is 2.18. The highest BCUT2D eigenvalue weighted by molar-refractivity contribution is 5.92. The summed E-state index contributed by atoms with van der Waals surface area (Å²) in [6, 6.07) is 1.84. The molecule has 128 valence electrons. The molecule has 4 heterocycles. The molecule has 4 rings (SSSR count). The first-order chi connectivity index (χ1) is 11.7. The zero-order chi connectivity index (χ0) is 16.5. The van der Waals surface area contributed by atoms with Crippen LogP contribution in [0.1, 0.15) is 40.5 Å². The third kappa shape index (κ3) is 2.86. The fourth-order valence-electron chi connectivity index (χ4n) is 3.73. The summed E-state index contributed by atoms with van der Waals surface area (Å²) in [5.74, 6) is 1.55. The monoisotopic (exact) mass is 328 g/mol. The summed E-state index contributed by atoms with van der Waals surface area (Å²) in [7, 11) is 0. The Labute approximate surface area is 142 Å². The van der Waals surface area contributed by atoms with Crippen molar-refractivity contribution < 1.29 is 9.21 Å². The second-order valence-corrected chi connectivity index (χ2v) is 6.78. The number of aryl methyl sites for hydroxylation is 1. The Bertz CT molecular complexity index is 727. The molecule has 1 amide bonds. The molecule has 1 saturated heterocycles. The van der Waals surface area contributed by atoms with Crippen molar-refractivity contribution in [3.8, 4) is 0 Å². The molecule has 2 aromatic rings. The Morgan fingerprint density at radius 1 is 1.21 bits per heavy atom. The van der Waals surface area contributed by atoms with Gasteiger partial charge in [0.15, 0.2) is 5.76 Å². The van der Waals surface area contributed by atoms with Crippen molar-refractivity contribution in [3.63, 3.8) is 0 Å². The third-order valence-electron chi connectivity index (χ3n) is 5.15. The van der Waals surface area contributed by atoms with Crippen LogP contribution >= 0.6 is 0 Å². The molecular formula is C18H24N4O2. The lowest BCUT2D eigenvalue weighted by Crippen LogP contribution is -2.34. The first-order valence-electron chi connectivity index (χ1n) is 8.81. The largest absolute Gasteiger partial charge is 0.459 e. The number of likely N-dealkylation sites (tertiary alicyclic amines) is 1. The Morgan fingerprint density at radius 2 is 2.04 bits per heavy atom. The van der Waals surface area contributed by atoms with Crippen molar-refractivity contribution in [3.05, 3.63) is 41.4 Å². The summed E-state index contributed by atoms with van der Waals surface area (Å²) in [6.07, 6.45) is 6.99. The number of imidazole rings is 1. The Hall–Kier alpha value is -2.08. The van der Waals surface area contributed by atoms with E-state index in [1.807, 2.05) is 24.1 Å². The van der Waals surface area contributed by atoms with Crippen molar-refractivity contribution in [1.82, 2.24) is 19.4 Å². The minimum Gasteiger partial charge on any atom is -0.459 e. The van der Waals surface area contributed by atoms with Crippen molar-refractivity contribution in [2.45, 2.75) is 39.3 Å². The van der Waals surface area contributed by atoms with Crippen LogP contribution in [0.5, 0.6) is 0 Å². The number of carbonyl (C=O) groups excluding carboxylic acids is 1. The fourth-order valence-corrected chi connectivity index (χ4v) is 3.73. The Morgan fingerprint density at radius 3 is 2.79 bits per heavy atom. The van der Waals surface area contributed by atoms with Gasteiger partial charge in [0.25, 0.3) is 5.91 Å². The lowest BCUT2D eigenvalue weighted by atomic mass is 10.2. The summed E-state index contributed by atoms with van der Waals surface area (Å²) in [6.45, 7) is 7.45. The zero-order valence-corrected chi connectivity index (χ0v) is 14.2. The minimum atomic E-state index is -0.00986. The second kappa shape index (κ2) is 6.43. The van der Waals surface area contributed by atoms with Crippen LogP contribution in [0, 0.1) is 6.92 Å². The molecule has 0 radical (unpaired) electrons. The highest BCUT2D eigenvalue weighted by atomic mass is 16.3. The minimum absolute atomic E-state index is 0.00986. The van der Waals surface area contributed by atoms with E-state index in [1.54, 1.807) is 6.26 Å². The van der Waals surface area contributed by atoms with Gasteiger partial charge in [-0.2, -0.15) is 0 Å². The van der Waals surface area contributed by atoms with E-state index >= 15 is 0 Å². The summed E-state index contributed by atoms with van der Waals surface area (Å²) < 4.78 is 7.68. The van der Waals surface area contributed by atoms with Crippen LogP contribution in [0.15, 0.2) is 22.9 Å². The molecule has 0 aromatic carbocycles. The van der Waals surface area contributed by atoms with Gasteiger partial charge in [0, 0.05) is 44.4 Å². The van der Waals surface area contributed by atoms with E-state index in [4.69, 9.17) is 4.42 Å². The maximum Gasteiger partial charge on any atom is 0.289 e. The average Bonchev–Trinajstić information content (AvgIpc) is 3.28. The van der Waals surface area contributed by atoms with Gasteiger partial charge in [-0.3, -0.25) is 9.69 Å². The van der Waals surface area contributed by atoms with Gasteiger partial charge in [0.1, 0.15) is 5.82 Å². The van der Waals surface area contributed by atoms with E-state index in [0.717, 1.165) is 30.9 Å². The van der Waals surface area contributed by atoms with Crippen LogP contribution < -0.4 is 0 Å². The lowest BCUT2D eigenvalue weighted by molar-refractivity contribution is 0.0725. The highest BCUT2D eigenvalue weighted by Gasteiger charge is 2.25. The first-order valence-corrected chi connectivity index (χ1v) is 8.81. The molecule has 0 atom stereocenters. The van der Waals surface area contributed by atoms with Gasteiger partial charge in [-0.15, -0.1) is 0 Å². The van der Waals surface area contributed by atoms with Crippen LogP contribution in [0.3, 0.4) is 0 Å².